The molecule has 0 bridgehead atoms. The molecule has 0 heterocycles. The van der Waals surface area contributed by atoms with Crippen molar-refractivity contribution in [2.24, 2.45) is 5.92 Å². The predicted molar refractivity (Wildman–Crippen MR) is 70.3 cm³/mol. The van der Waals surface area contributed by atoms with E-state index in [1.165, 1.54) is 5.57 Å². The molecule has 0 amide bonds. The van der Waals surface area contributed by atoms with Gasteiger partial charge in [0, 0.05) is 11.3 Å². The summed E-state index contributed by atoms with van der Waals surface area (Å²) in [6.07, 6.45) is 5.79. The first-order valence-electron chi connectivity index (χ1n) is 5.12. The number of alkyl halides is 4. The molecule has 0 saturated carbocycles. The van der Waals surface area contributed by atoms with Crippen molar-refractivity contribution in [1.82, 2.24) is 0 Å². The summed E-state index contributed by atoms with van der Waals surface area (Å²) >= 11 is 23.6. The van der Waals surface area contributed by atoms with Gasteiger partial charge >= 0.3 is 0 Å². The molecule has 0 spiro atoms. The third kappa shape index (κ3) is 5.17. The van der Waals surface area contributed by atoms with Crippen molar-refractivity contribution in [1.29, 1.82) is 0 Å². The Kier molecular flexibility index (Phi) is 4.69. The van der Waals surface area contributed by atoms with Gasteiger partial charge in [-0.3, -0.25) is 0 Å². The Bertz CT molecular complexity index is 244. The molecule has 0 fully saturated rings. The van der Waals surface area contributed by atoms with Gasteiger partial charge in [0.1, 0.15) is 0 Å². The summed E-state index contributed by atoms with van der Waals surface area (Å²) in [6, 6.07) is 0. The second-order valence-electron chi connectivity index (χ2n) is 4.69. The summed E-state index contributed by atoms with van der Waals surface area (Å²) in [5.41, 5.74) is 1.24. The minimum absolute atomic E-state index is 0.137. The van der Waals surface area contributed by atoms with Crippen LogP contribution in [0.15, 0.2) is 11.6 Å². The Morgan fingerprint density at radius 3 is 2.20 bits per heavy atom. The lowest BCUT2D eigenvalue weighted by Gasteiger charge is -2.31. The molecule has 1 aliphatic carbocycles. The van der Waals surface area contributed by atoms with Crippen LogP contribution in [0, 0.1) is 5.92 Å². The van der Waals surface area contributed by atoms with Gasteiger partial charge in [-0.2, -0.15) is 0 Å². The van der Waals surface area contributed by atoms with E-state index in [-0.39, 0.29) is 4.87 Å². The van der Waals surface area contributed by atoms with E-state index in [1.807, 2.05) is 0 Å². The summed E-state index contributed by atoms with van der Waals surface area (Å²) in [7, 11) is 0. The second kappa shape index (κ2) is 5.04. The summed E-state index contributed by atoms with van der Waals surface area (Å²) in [5, 5.41) is 0. The van der Waals surface area contributed by atoms with Crippen molar-refractivity contribution in [2.75, 3.05) is 0 Å². The Morgan fingerprint density at radius 1 is 1.27 bits per heavy atom. The molecule has 0 N–H and O–H groups in total. The van der Waals surface area contributed by atoms with E-state index >= 15 is 0 Å². The van der Waals surface area contributed by atoms with Crippen LogP contribution in [0.4, 0.5) is 0 Å². The maximum atomic E-state index is 6.29. The van der Waals surface area contributed by atoms with Crippen LogP contribution in [0.25, 0.3) is 0 Å². The smallest absolute Gasteiger partial charge is 0.120 e. The third-order valence-corrected chi connectivity index (χ3v) is 3.61. The minimum Gasteiger partial charge on any atom is -0.120 e. The first kappa shape index (κ1) is 14.0. The van der Waals surface area contributed by atoms with Crippen molar-refractivity contribution >= 4 is 46.4 Å². The molecular weight excluding hydrogens is 274 g/mol. The molecular formula is C11H16Cl4. The summed E-state index contributed by atoms with van der Waals surface area (Å²) in [6.45, 7) is 4.12. The zero-order valence-corrected chi connectivity index (χ0v) is 12.0. The van der Waals surface area contributed by atoms with E-state index in [0.717, 1.165) is 19.3 Å². The maximum Gasteiger partial charge on any atom is 0.194 e. The molecule has 4 heteroatoms. The van der Waals surface area contributed by atoms with Gasteiger partial charge in [0.25, 0.3) is 0 Å². The van der Waals surface area contributed by atoms with E-state index in [4.69, 9.17) is 46.4 Å². The Morgan fingerprint density at radius 2 is 1.87 bits per heavy atom. The summed E-state index contributed by atoms with van der Waals surface area (Å²) in [5.74, 6) is 0.526. The molecule has 1 aliphatic rings. The molecule has 1 atom stereocenters. The molecule has 0 radical (unpaired) electrons. The number of hydrogen-bond donors (Lipinski definition) is 0. The van der Waals surface area contributed by atoms with Crippen LogP contribution < -0.4 is 0 Å². The zero-order chi connectivity index (χ0) is 11.7. The topological polar surface area (TPSA) is 0 Å². The van der Waals surface area contributed by atoms with Crippen molar-refractivity contribution < 1.29 is 0 Å². The lowest BCUT2D eigenvalue weighted by molar-refractivity contribution is 0.374. The summed E-state index contributed by atoms with van der Waals surface area (Å²) in [4.78, 5) is -0.137. The van der Waals surface area contributed by atoms with Crippen LogP contribution in [0.5, 0.6) is 0 Å². The minimum atomic E-state index is -1.16. The molecule has 0 aromatic heterocycles. The molecule has 0 aliphatic heterocycles. The van der Waals surface area contributed by atoms with Crippen LogP contribution in [-0.2, 0) is 0 Å². The van der Waals surface area contributed by atoms with Gasteiger partial charge in [-0.25, -0.2) is 0 Å². The van der Waals surface area contributed by atoms with Gasteiger partial charge in [-0.15, -0.1) is 11.6 Å². The highest BCUT2D eigenvalue weighted by Gasteiger charge is 2.30. The Labute approximate surface area is 112 Å². The fourth-order valence-electron chi connectivity index (χ4n) is 1.93. The monoisotopic (exact) mass is 288 g/mol. The molecule has 15 heavy (non-hydrogen) atoms. The van der Waals surface area contributed by atoms with E-state index in [9.17, 15) is 0 Å². The fraction of sp³-hybridized carbons (Fsp3) is 0.818. The number of allylic oxidation sites excluding steroid dienone is 2. The second-order valence-corrected chi connectivity index (χ2v) is 8.18. The molecule has 88 valence electrons. The first-order valence-corrected chi connectivity index (χ1v) is 6.63. The summed E-state index contributed by atoms with van der Waals surface area (Å²) < 4.78 is -1.16. The van der Waals surface area contributed by atoms with Crippen LogP contribution in [-0.4, -0.2) is 8.67 Å². The highest BCUT2D eigenvalue weighted by atomic mass is 35.6. The number of hydrogen-bond acceptors (Lipinski definition) is 0. The van der Waals surface area contributed by atoms with E-state index in [0.29, 0.717) is 12.3 Å². The van der Waals surface area contributed by atoms with Crippen LogP contribution in [0.2, 0.25) is 0 Å². The van der Waals surface area contributed by atoms with Gasteiger partial charge in [0.2, 0.25) is 0 Å². The number of rotatable bonds is 2. The lowest BCUT2D eigenvalue weighted by Crippen LogP contribution is -2.26. The van der Waals surface area contributed by atoms with E-state index < -0.39 is 3.79 Å². The zero-order valence-electron chi connectivity index (χ0n) is 8.99. The fourth-order valence-corrected chi connectivity index (χ4v) is 2.64. The standard InChI is InChI=1S/C11H16Cl4/c1-10(2,12)9-5-3-8(4-6-9)7-11(13,14)15/h3,9H,4-7H2,1-2H3. The average molecular weight is 290 g/mol. The highest BCUT2D eigenvalue weighted by Crippen LogP contribution is 2.40. The number of halogens is 4. The molecule has 0 aromatic carbocycles. The van der Waals surface area contributed by atoms with Gasteiger partial charge < -0.3 is 0 Å². The maximum absolute atomic E-state index is 6.29. The van der Waals surface area contributed by atoms with Gasteiger partial charge in [0.15, 0.2) is 3.79 Å². The quantitative estimate of drug-likeness (QED) is 0.466. The van der Waals surface area contributed by atoms with Gasteiger partial charge in [-0.05, 0) is 39.0 Å². The van der Waals surface area contributed by atoms with Crippen LogP contribution in [0.3, 0.4) is 0 Å². The largest absolute Gasteiger partial charge is 0.194 e. The van der Waals surface area contributed by atoms with Crippen LogP contribution in [0.1, 0.15) is 39.5 Å². The van der Waals surface area contributed by atoms with Gasteiger partial charge in [-0.1, -0.05) is 46.5 Å². The third-order valence-electron chi connectivity index (χ3n) is 2.90. The Balaban J connectivity index is 2.53. The van der Waals surface area contributed by atoms with Crippen molar-refractivity contribution in [3.8, 4) is 0 Å². The first-order chi connectivity index (χ1) is 6.68. The molecule has 0 nitrogen and oxygen atoms in total. The van der Waals surface area contributed by atoms with Crippen molar-refractivity contribution in [2.45, 2.75) is 48.2 Å². The molecule has 1 unspecified atom stereocenters. The lowest BCUT2D eigenvalue weighted by atomic mass is 9.81. The Hall–Kier alpha value is 0.900. The predicted octanol–water partition coefficient (Wildman–Crippen LogP) is 5.49. The van der Waals surface area contributed by atoms with Crippen LogP contribution >= 0.6 is 46.4 Å². The van der Waals surface area contributed by atoms with E-state index in [1.54, 1.807) is 0 Å². The van der Waals surface area contributed by atoms with Gasteiger partial charge in [0.05, 0.1) is 0 Å². The van der Waals surface area contributed by atoms with E-state index in [2.05, 4.69) is 19.9 Å². The van der Waals surface area contributed by atoms with Crippen molar-refractivity contribution in [3.05, 3.63) is 11.6 Å². The SMILES string of the molecule is CC(C)(Cl)C1CC=C(CC(Cl)(Cl)Cl)CC1. The normalized spacial score (nSPS) is 23.9. The molecule has 1 rings (SSSR count). The highest BCUT2D eigenvalue weighted by molar-refractivity contribution is 6.67. The molecule has 0 saturated heterocycles. The molecule has 0 aromatic rings. The van der Waals surface area contributed by atoms with Crippen molar-refractivity contribution in [3.63, 3.8) is 0 Å². The average Bonchev–Trinajstić information content (AvgIpc) is 2.00.